The largest absolute Gasteiger partial charge is 0.494 e. The van der Waals surface area contributed by atoms with Crippen molar-refractivity contribution in [2.24, 2.45) is 0 Å². The number of piperazine rings is 1. The molecule has 0 atom stereocenters. The van der Waals surface area contributed by atoms with Crippen LogP contribution in [-0.2, 0) is 0 Å². The molecule has 1 saturated heterocycles. The molecular formula is C21H22N2O5. The number of hydrogen-bond acceptors (Lipinski definition) is 5. The van der Waals surface area contributed by atoms with Crippen LogP contribution in [-0.4, -0.2) is 61.2 Å². The number of ether oxygens (including phenoxy) is 3. The molecule has 0 bridgehead atoms. The van der Waals surface area contributed by atoms with Gasteiger partial charge in [0.1, 0.15) is 5.75 Å². The Balaban J connectivity index is 1.36. The molecular weight excluding hydrogens is 360 g/mol. The van der Waals surface area contributed by atoms with Crippen molar-refractivity contribution in [1.82, 2.24) is 9.80 Å². The fraction of sp³-hybridized carbons (Fsp3) is 0.333. The molecule has 0 spiro atoms. The summed E-state index contributed by atoms with van der Waals surface area (Å²) in [6.07, 6.45) is 0. The Morgan fingerprint density at radius 3 is 2.07 bits per heavy atom. The van der Waals surface area contributed by atoms with Gasteiger partial charge < -0.3 is 24.0 Å². The number of rotatable bonds is 4. The van der Waals surface area contributed by atoms with Gasteiger partial charge in [-0.05, 0) is 49.4 Å². The summed E-state index contributed by atoms with van der Waals surface area (Å²) in [5.41, 5.74) is 1.19. The van der Waals surface area contributed by atoms with Gasteiger partial charge in [0.25, 0.3) is 11.8 Å². The van der Waals surface area contributed by atoms with E-state index in [9.17, 15) is 9.59 Å². The lowest BCUT2D eigenvalue weighted by Crippen LogP contribution is -2.50. The van der Waals surface area contributed by atoms with Gasteiger partial charge in [0.15, 0.2) is 11.5 Å². The molecule has 7 heteroatoms. The molecule has 2 aliphatic rings. The van der Waals surface area contributed by atoms with E-state index in [2.05, 4.69) is 0 Å². The molecule has 2 aromatic carbocycles. The normalized spacial score (nSPS) is 15.5. The summed E-state index contributed by atoms with van der Waals surface area (Å²) >= 11 is 0. The van der Waals surface area contributed by atoms with E-state index in [-0.39, 0.29) is 18.6 Å². The van der Waals surface area contributed by atoms with E-state index < -0.39 is 0 Å². The summed E-state index contributed by atoms with van der Waals surface area (Å²) in [7, 11) is 0. The minimum atomic E-state index is -0.0635. The zero-order valence-electron chi connectivity index (χ0n) is 15.7. The van der Waals surface area contributed by atoms with E-state index in [1.54, 1.807) is 52.3 Å². The van der Waals surface area contributed by atoms with E-state index in [0.29, 0.717) is 55.4 Å². The van der Waals surface area contributed by atoms with Crippen LogP contribution in [0.4, 0.5) is 0 Å². The quantitative estimate of drug-likeness (QED) is 0.812. The molecule has 0 N–H and O–H groups in total. The highest BCUT2D eigenvalue weighted by molar-refractivity contribution is 5.96. The van der Waals surface area contributed by atoms with Gasteiger partial charge in [0.05, 0.1) is 6.61 Å². The van der Waals surface area contributed by atoms with Gasteiger partial charge >= 0.3 is 0 Å². The lowest BCUT2D eigenvalue weighted by atomic mass is 10.1. The monoisotopic (exact) mass is 382 g/mol. The summed E-state index contributed by atoms with van der Waals surface area (Å²) < 4.78 is 16.0. The average Bonchev–Trinajstić information content (AvgIpc) is 3.21. The maximum atomic E-state index is 12.8. The molecule has 146 valence electrons. The topological polar surface area (TPSA) is 68.3 Å². The van der Waals surface area contributed by atoms with E-state index in [4.69, 9.17) is 14.2 Å². The zero-order chi connectivity index (χ0) is 19.5. The Labute approximate surface area is 163 Å². The number of amides is 2. The minimum absolute atomic E-state index is 0.0294. The molecule has 0 radical (unpaired) electrons. The lowest BCUT2D eigenvalue weighted by Gasteiger charge is -2.35. The fourth-order valence-corrected chi connectivity index (χ4v) is 3.37. The third-order valence-corrected chi connectivity index (χ3v) is 4.89. The van der Waals surface area contributed by atoms with Crippen molar-refractivity contribution in [3.8, 4) is 17.2 Å². The number of hydrogen-bond donors (Lipinski definition) is 0. The second-order valence-electron chi connectivity index (χ2n) is 6.61. The van der Waals surface area contributed by atoms with E-state index in [1.807, 2.05) is 6.92 Å². The number of carbonyl (C=O) groups excluding carboxylic acids is 2. The molecule has 0 aliphatic carbocycles. The Hall–Kier alpha value is -3.22. The summed E-state index contributed by atoms with van der Waals surface area (Å²) in [5, 5.41) is 0. The highest BCUT2D eigenvalue weighted by atomic mass is 16.7. The van der Waals surface area contributed by atoms with Crippen LogP contribution in [0.3, 0.4) is 0 Å². The number of benzene rings is 2. The molecule has 2 amide bonds. The van der Waals surface area contributed by atoms with Crippen molar-refractivity contribution < 1.29 is 23.8 Å². The Bertz CT molecular complexity index is 873. The molecule has 0 saturated carbocycles. The standard InChI is InChI=1S/C21H22N2O5/c1-2-26-17-6-3-15(4-7-17)20(24)22-9-11-23(12-10-22)21(25)16-5-8-18-19(13-16)28-14-27-18/h3-8,13H,2,9-12,14H2,1H3. The minimum Gasteiger partial charge on any atom is -0.494 e. The van der Waals surface area contributed by atoms with E-state index in [0.717, 1.165) is 5.75 Å². The van der Waals surface area contributed by atoms with Gasteiger partial charge in [0.2, 0.25) is 6.79 Å². The summed E-state index contributed by atoms with van der Waals surface area (Å²) in [6.45, 7) is 4.69. The number of carbonyl (C=O) groups is 2. The third-order valence-electron chi connectivity index (χ3n) is 4.89. The first kappa shape index (κ1) is 18.2. The molecule has 28 heavy (non-hydrogen) atoms. The Morgan fingerprint density at radius 1 is 0.857 bits per heavy atom. The highest BCUT2D eigenvalue weighted by Gasteiger charge is 2.26. The average molecular weight is 382 g/mol. The maximum absolute atomic E-state index is 12.8. The van der Waals surface area contributed by atoms with Crippen molar-refractivity contribution >= 4 is 11.8 Å². The fourth-order valence-electron chi connectivity index (χ4n) is 3.37. The van der Waals surface area contributed by atoms with Gasteiger partial charge in [-0.2, -0.15) is 0 Å². The number of nitrogens with zero attached hydrogens (tertiary/aromatic N) is 2. The van der Waals surface area contributed by atoms with Crippen molar-refractivity contribution in [1.29, 1.82) is 0 Å². The Morgan fingerprint density at radius 2 is 1.43 bits per heavy atom. The second-order valence-corrected chi connectivity index (χ2v) is 6.61. The van der Waals surface area contributed by atoms with Crippen LogP contribution in [0, 0.1) is 0 Å². The van der Waals surface area contributed by atoms with Crippen LogP contribution in [0.1, 0.15) is 27.6 Å². The third kappa shape index (κ3) is 3.60. The molecule has 2 heterocycles. The second kappa shape index (κ2) is 7.80. The van der Waals surface area contributed by atoms with E-state index >= 15 is 0 Å². The summed E-state index contributed by atoms with van der Waals surface area (Å²) in [5.74, 6) is 1.90. The van der Waals surface area contributed by atoms with E-state index in [1.165, 1.54) is 0 Å². The van der Waals surface area contributed by atoms with Crippen LogP contribution >= 0.6 is 0 Å². The van der Waals surface area contributed by atoms with Gasteiger partial charge in [-0.25, -0.2) is 0 Å². The van der Waals surface area contributed by atoms with Crippen LogP contribution in [0.15, 0.2) is 42.5 Å². The molecule has 0 unspecified atom stereocenters. The van der Waals surface area contributed by atoms with Gasteiger partial charge in [-0.3, -0.25) is 9.59 Å². The molecule has 7 nitrogen and oxygen atoms in total. The van der Waals surface area contributed by atoms with Gasteiger partial charge in [-0.15, -0.1) is 0 Å². The van der Waals surface area contributed by atoms with Crippen molar-refractivity contribution in [3.05, 3.63) is 53.6 Å². The SMILES string of the molecule is CCOc1ccc(C(=O)N2CCN(C(=O)c3ccc4c(c3)OCO4)CC2)cc1. The van der Waals surface area contributed by atoms with Crippen LogP contribution in [0.2, 0.25) is 0 Å². The van der Waals surface area contributed by atoms with Gasteiger partial charge in [-0.1, -0.05) is 0 Å². The molecule has 1 fully saturated rings. The van der Waals surface area contributed by atoms with Crippen molar-refractivity contribution in [3.63, 3.8) is 0 Å². The number of fused-ring (bicyclic) bond motifs is 1. The van der Waals surface area contributed by atoms with Gasteiger partial charge in [0, 0.05) is 37.3 Å². The summed E-state index contributed by atoms with van der Waals surface area (Å²) in [4.78, 5) is 29.0. The maximum Gasteiger partial charge on any atom is 0.254 e. The first-order valence-electron chi connectivity index (χ1n) is 9.37. The molecule has 2 aliphatic heterocycles. The lowest BCUT2D eigenvalue weighted by molar-refractivity contribution is 0.0535. The molecule has 2 aromatic rings. The summed E-state index contributed by atoms with van der Waals surface area (Å²) in [6, 6.07) is 12.4. The van der Waals surface area contributed by atoms with Crippen LogP contribution in [0.5, 0.6) is 17.2 Å². The van der Waals surface area contributed by atoms with Crippen molar-refractivity contribution in [2.75, 3.05) is 39.6 Å². The first-order valence-corrected chi connectivity index (χ1v) is 9.37. The predicted octanol–water partition coefficient (Wildman–Crippen LogP) is 2.41. The molecule has 0 aromatic heterocycles. The first-order chi connectivity index (χ1) is 13.7. The zero-order valence-corrected chi connectivity index (χ0v) is 15.7. The molecule has 4 rings (SSSR count). The van der Waals surface area contributed by atoms with Crippen LogP contribution < -0.4 is 14.2 Å². The van der Waals surface area contributed by atoms with Crippen LogP contribution in [0.25, 0.3) is 0 Å². The van der Waals surface area contributed by atoms with Crippen molar-refractivity contribution in [2.45, 2.75) is 6.92 Å². The predicted molar refractivity (Wildman–Crippen MR) is 102 cm³/mol. The Kier molecular flexibility index (Phi) is 5.06. The smallest absolute Gasteiger partial charge is 0.254 e. The highest BCUT2D eigenvalue weighted by Crippen LogP contribution is 2.32.